The van der Waals surface area contributed by atoms with Crippen LogP contribution in [-0.2, 0) is 22.4 Å². The average Bonchev–Trinajstić information content (AvgIpc) is 3.12. The third-order valence-electron chi connectivity index (χ3n) is 4.10. The topological polar surface area (TPSA) is 64.6 Å². The summed E-state index contributed by atoms with van der Waals surface area (Å²) in [7, 11) is 0. The predicted octanol–water partition coefficient (Wildman–Crippen LogP) is 2.53. The lowest BCUT2D eigenvalue weighted by Crippen LogP contribution is -2.32. The fourth-order valence-electron chi connectivity index (χ4n) is 2.84. The molecule has 130 valence electrons. The van der Waals surface area contributed by atoms with Crippen molar-refractivity contribution in [2.75, 3.05) is 19.8 Å². The maximum Gasteiger partial charge on any atom is 0.338 e. The Bertz CT molecular complexity index is 743. The first-order valence-electron chi connectivity index (χ1n) is 8.46. The molecule has 5 heteroatoms. The molecule has 0 atom stereocenters. The first kappa shape index (κ1) is 17.0. The Morgan fingerprint density at radius 3 is 2.64 bits per heavy atom. The first-order valence-corrected chi connectivity index (χ1v) is 8.46. The molecule has 0 spiro atoms. The highest BCUT2D eigenvalue weighted by Crippen LogP contribution is 2.23. The third-order valence-corrected chi connectivity index (χ3v) is 4.10. The van der Waals surface area contributed by atoms with Crippen LogP contribution in [0.15, 0.2) is 48.5 Å². The first-order chi connectivity index (χ1) is 12.2. The van der Waals surface area contributed by atoms with Crippen LogP contribution in [0.3, 0.4) is 0 Å². The number of fused-ring (bicyclic) bond motifs is 1. The number of carbonyl (C=O) groups is 2. The fourth-order valence-corrected chi connectivity index (χ4v) is 2.84. The smallest absolute Gasteiger partial charge is 0.338 e. The molecule has 1 N–H and O–H groups in total. The normalized spacial score (nSPS) is 12.3. The number of nitrogens with one attached hydrogen (secondary N) is 1. The van der Waals surface area contributed by atoms with Crippen molar-refractivity contribution in [2.24, 2.45) is 0 Å². The van der Waals surface area contributed by atoms with Crippen molar-refractivity contribution in [3.63, 3.8) is 0 Å². The van der Waals surface area contributed by atoms with E-state index in [2.05, 4.69) is 5.32 Å². The molecule has 3 rings (SSSR count). The molecule has 0 saturated heterocycles. The van der Waals surface area contributed by atoms with E-state index in [9.17, 15) is 9.59 Å². The van der Waals surface area contributed by atoms with Crippen LogP contribution in [0, 0.1) is 0 Å². The summed E-state index contributed by atoms with van der Waals surface area (Å²) >= 11 is 0. The molecule has 0 unspecified atom stereocenters. The fraction of sp³-hybridized carbons (Fsp3) is 0.300. The zero-order chi connectivity index (χ0) is 17.5. The molecule has 0 fully saturated rings. The van der Waals surface area contributed by atoms with Crippen molar-refractivity contribution >= 4 is 11.9 Å². The zero-order valence-electron chi connectivity index (χ0n) is 14.0. The molecule has 0 aliphatic heterocycles. The summed E-state index contributed by atoms with van der Waals surface area (Å²) < 4.78 is 10.5. The van der Waals surface area contributed by atoms with E-state index in [0.29, 0.717) is 18.7 Å². The van der Waals surface area contributed by atoms with E-state index >= 15 is 0 Å². The molecule has 0 radical (unpaired) electrons. The van der Waals surface area contributed by atoms with Gasteiger partial charge in [-0.15, -0.1) is 0 Å². The van der Waals surface area contributed by atoms with Crippen LogP contribution in [0.1, 0.15) is 27.9 Å². The van der Waals surface area contributed by atoms with Crippen LogP contribution in [0.5, 0.6) is 5.75 Å². The van der Waals surface area contributed by atoms with Gasteiger partial charge in [0.05, 0.1) is 12.1 Å². The highest BCUT2D eigenvalue weighted by molar-refractivity contribution is 5.91. The van der Waals surface area contributed by atoms with E-state index < -0.39 is 5.97 Å². The lowest BCUT2D eigenvalue weighted by atomic mass is 10.1. The van der Waals surface area contributed by atoms with Crippen molar-refractivity contribution in [3.8, 4) is 5.75 Å². The van der Waals surface area contributed by atoms with Crippen molar-refractivity contribution in [1.82, 2.24) is 5.32 Å². The molecular formula is C20H21NO4. The van der Waals surface area contributed by atoms with Gasteiger partial charge in [0.1, 0.15) is 12.4 Å². The maximum atomic E-state index is 12.0. The number of carbonyl (C=O) groups excluding carboxylic acids is 2. The molecule has 0 heterocycles. The number of hydrogen-bond acceptors (Lipinski definition) is 4. The van der Waals surface area contributed by atoms with Crippen LogP contribution in [0.4, 0.5) is 0 Å². The zero-order valence-corrected chi connectivity index (χ0v) is 14.0. The van der Waals surface area contributed by atoms with Gasteiger partial charge in [-0.05, 0) is 54.7 Å². The summed E-state index contributed by atoms with van der Waals surface area (Å²) in [5.41, 5.74) is 3.01. The largest absolute Gasteiger partial charge is 0.492 e. The summed E-state index contributed by atoms with van der Waals surface area (Å²) in [6.45, 7) is 0.417. The lowest BCUT2D eigenvalue weighted by Gasteiger charge is -2.09. The van der Waals surface area contributed by atoms with Crippen LogP contribution in [-0.4, -0.2) is 31.6 Å². The average molecular weight is 339 g/mol. The quantitative estimate of drug-likeness (QED) is 0.622. The third kappa shape index (κ3) is 4.83. The Labute approximate surface area is 147 Å². The van der Waals surface area contributed by atoms with Crippen LogP contribution in [0.25, 0.3) is 0 Å². The van der Waals surface area contributed by atoms with E-state index in [0.717, 1.165) is 25.0 Å². The van der Waals surface area contributed by atoms with Gasteiger partial charge < -0.3 is 14.8 Å². The van der Waals surface area contributed by atoms with Crippen LogP contribution < -0.4 is 10.1 Å². The number of para-hydroxylation sites is 1. The van der Waals surface area contributed by atoms with E-state index in [1.165, 1.54) is 11.1 Å². The number of esters is 1. The minimum absolute atomic E-state index is 0.290. The summed E-state index contributed by atoms with van der Waals surface area (Å²) in [6.07, 6.45) is 3.19. The standard InChI is InChI=1S/C20H21NO4/c22-19(21-11-12-24-18-7-2-1-3-8-18)14-25-20(23)17-10-9-15-5-4-6-16(15)13-17/h1-3,7-10,13H,4-6,11-12,14H2,(H,21,22). The highest BCUT2D eigenvalue weighted by atomic mass is 16.5. The molecule has 1 aliphatic carbocycles. The summed E-state index contributed by atoms with van der Waals surface area (Å²) in [5, 5.41) is 2.66. The van der Waals surface area contributed by atoms with Gasteiger partial charge in [0.15, 0.2) is 6.61 Å². The molecule has 5 nitrogen and oxygen atoms in total. The molecule has 0 bridgehead atoms. The Morgan fingerprint density at radius 1 is 1.00 bits per heavy atom. The number of rotatable bonds is 7. The number of benzene rings is 2. The summed E-state index contributed by atoms with van der Waals surface area (Å²) in [4.78, 5) is 23.8. The SMILES string of the molecule is O=C(COC(=O)c1ccc2c(c1)CCC2)NCCOc1ccccc1. The maximum absolute atomic E-state index is 12.0. The van der Waals surface area contributed by atoms with Crippen LogP contribution in [0.2, 0.25) is 0 Å². The summed E-state index contributed by atoms with van der Waals surface area (Å²) in [6, 6.07) is 15.0. The Morgan fingerprint density at radius 2 is 1.80 bits per heavy atom. The molecule has 1 amide bonds. The molecule has 2 aromatic carbocycles. The number of aryl methyl sites for hydroxylation is 2. The highest BCUT2D eigenvalue weighted by Gasteiger charge is 2.15. The second kappa shape index (κ2) is 8.33. The van der Waals surface area contributed by atoms with Crippen molar-refractivity contribution in [1.29, 1.82) is 0 Å². The number of hydrogen-bond donors (Lipinski definition) is 1. The molecular weight excluding hydrogens is 318 g/mol. The molecule has 0 saturated carbocycles. The molecule has 25 heavy (non-hydrogen) atoms. The minimum atomic E-state index is -0.467. The second-order valence-corrected chi connectivity index (χ2v) is 5.92. The summed E-state index contributed by atoms with van der Waals surface area (Å²) in [5.74, 6) is -0.0589. The van der Waals surface area contributed by atoms with Gasteiger partial charge in [-0.1, -0.05) is 24.3 Å². The van der Waals surface area contributed by atoms with Gasteiger partial charge in [0, 0.05) is 0 Å². The van der Waals surface area contributed by atoms with Crippen molar-refractivity contribution in [2.45, 2.75) is 19.3 Å². The van der Waals surface area contributed by atoms with E-state index in [1.54, 1.807) is 6.07 Å². The van der Waals surface area contributed by atoms with Gasteiger partial charge in [0.2, 0.25) is 0 Å². The number of ether oxygens (including phenoxy) is 2. The van der Waals surface area contributed by atoms with E-state index in [4.69, 9.17) is 9.47 Å². The van der Waals surface area contributed by atoms with E-state index in [1.807, 2.05) is 42.5 Å². The molecule has 1 aliphatic rings. The Kier molecular flexibility index (Phi) is 5.67. The molecule has 0 aromatic heterocycles. The monoisotopic (exact) mass is 339 g/mol. The molecule has 2 aromatic rings. The van der Waals surface area contributed by atoms with Gasteiger partial charge in [-0.3, -0.25) is 4.79 Å². The van der Waals surface area contributed by atoms with Gasteiger partial charge in [-0.25, -0.2) is 4.79 Å². The Balaban J connectivity index is 1.36. The predicted molar refractivity (Wildman–Crippen MR) is 93.7 cm³/mol. The van der Waals surface area contributed by atoms with Gasteiger partial charge in [0.25, 0.3) is 5.91 Å². The van der Waals surface area contributed by atoms with Gasteiger partial charge in [-0.2, -0.15) is 0 Å². The minimum Gasteiger partial charge on any atom is -0.492 e. The van der Waals surface area contributed by atoms with E-state index in [-0.39, 0.29) is 12.5 Å². The number of amides is 1. The van der Waals surface area contributed by atoms with Crippen molar-refractivity contribution < 1.29 is 19.1 Å². The van der Waals surface area contributed by atoms with Gasteiger partial charge >= 0.3 is 5.97 Å². The van der Waals surface area contributed by atoms with Crippen LogP contribution >= 0.6 is 0 Å². The lowest BCUT2D eigenvalue weighted by molar-refractivity contribution is -0.124. The Hall–Kier alpha value is -2.82. The van der Waals surface area contributed by atoms with Crippen molar-refractivity contribution in [3.05, 3.63) is 65.2 Å². The second-order valence-electron chi connectivity index (χ2n) is 5.92.